The van der Waals surface area contributed by atoms with Crippen molar-refractivity contribution < 1.29 is 19.5 Å². The summed E-state index contributed by atoms with van der Waals surface area (Å²) < 4.78 is 0. The zero-order valence-corrected chi connectivity index (χ0v) is 15.0. The van der Waals surface area contributed by atoms with E-state index in [1.807, 2.05) is 13.8 Å². The van der Waals surface area contributed by atoms with Crippen LogP contribution in [0.2, 0.25) is 0 Å². The van der Waals surface area contributed by atoms with E-state index >= 15 is 0 Å². The van der Waals surface area contributed by atoms with Crippen LogP contribution in [0.5, 0.6) is 0 Å². The standard InChI is InChI=1S/C18H24N2O5/c1-17(2)8-12-10(13(21)9-17)7-11(15(23)20-12)14(22)19-6-5-18(3,4)16(24)25/h7H,5-6,8-9H2,1-4H3,(H,19,22)(H,20,23)(H,24,25). The minimum Gasteiger partial charge on any atom is -0.481 e. The van der Waals surface area contributed by atoms with Crippen LogP contribution >= 0.6 is 0 Å². The molecule has 136 valence electrons. The van der Waals surface area contributed by atoms with Gasteiger partial charge in [0.1, 0.15) is 5.56 Å². The first-order valence-corrected chi connectivity index (χ1v) is 8.24. The summed E-state index contributed by atoms with van der Waals surface area (Å²) in [5.41, 5.74) is -0.917. The summed E-state index contributed by atoms with van der Waals surface area (Å²) in [4.78, 5) is 50.5. The average molecular weight is 348 g/mol. The monoisotopic (exact) mass is 348 g/mol. The number of carboxylic acid groups (broad SMARTS) is 1. The van der Waals surface area contributed by atoms with Gasteiger partial charge in [0.2, 0.25) is 0 Å². The molecule has 1 amide bonds. The van der Waals surface area contributed by atoms with Gasteiger partial charge in [-0.2, -0.15) is 0 Å². The van der Waals surface area contributed by atoms with Crippen molar-refractivity contribution in [2.24, 2.45) is 10.8 Å². The lowest BCUT2D eigenvalue weighted by atomic mass is 9.75. The molecule has 0 atom stereocenters. The molecule has 2 rings (SSSR count). The Morgan fingerprint density at radius 3 is 2.52 bits per heavy atom. The van der Waals surface area contributed by atoms with E-state index in [-0.39, 0.29) is 29.7 Å². The smallest absolute Gasteiger partial charge is 0.309 e. The molecule has 1 heterocycles. The van der Waals surface area contributed by atoms with Crippen LogP contribution in [0.1, 0.15) is 66.9 Å². The van der Waals surface area contributed by atoms with Gasteiger partial charge >= 0.3 is 5.97 Å². The van der Waals surface area contributed by atoms with Crippen molar-refractivity contribution in [2.75, 3.05) is 6.54 Å². The van der Waals surface area contributed by atoms with Crippen LogP contribution in [-0.2, 0) is 11.2 Å². The lowest BCUT2D eigenvalue weighted by Gasteiger charge is -2.29. The molecule has 0 saturated heterocycles. The van der Waals surface area contributed by atoms with Gasteiger partial charge in [0.15, 0.2) is 5.78 Å². The van der Waals surface area contributed by atoms with Gasteiger partial charge in [-0.25, -0.2) is 0 Å². The largest absolute Gasteiger partial charge is 0.481 e. The Hall–Kier alpha value is -2.44. The number of aromatic nitrogens is 1. The molecule has 7 heteroatoms. The zero-order valence-electron chi connectivity index (χ0n) is 15.0. The van der Waals surface area contributed by atoms with Crippen LogP contribution in [0, 0.1) is 10.8 Å². The molecule has 0 bridgehead atoms. The van der Waals surface area contributed by atoms with Gasteiger partial charge in [0.25, 0.3) is 11.5 Å². The maximum atomic E-state index is 12.3. The SMILES string of the molecule is CC1(C)CC(=O)c2cc(C(=O)NCCC(C)(C)C(=O)O)c(=O)[nH]c2C1. The number of fused-ring (bicyclic) bond motifs is 1. The number of hydrogen-bond donors (Lipinski definition) is 3. The summed E-state index contributed by atoms with van der Waals surface area (Å²) >= 11 is 0. The third kappa shape index (κ3) is 4.15. The number of carbonyl (C=O) groups excluding carboxylic acids is 2. The van der Waals surface area contributed by atoms with Crippen LogP contribution in [0.25, 0.3) is 0 Å². The summed E-state index contributed by atoms with van der Waals surface area (Å²) in [5.74, 6) is -1.66. The first kappa shape index (κ1) is 18.9. The fourth-order valence-electron chi connectivity index (χ4n) is 2.89. The second-order valence-electron chi connectivity index (χ2n) is 8.04. The van der Waals surface area contributed by atoms with Gasteiger partial charge in [-0.15, -0.1) is 0 Å². The minimum atomic E-state index is -0.975. The molecule has 0 spiro atoms. The Morgan fingerprint density at radius 1 is 1.28 bits per heavy atom. The topological polar surface area (TPSA) is 116 Å². The van der Waals surface area contributed by atoms with Gasteiger partial charge in [0, 0.05) is 24.2 Å². The summed E-state index contributed by atoms with van der Waals surface area (Å²) in [7, 11) is 0. The van der Waals surface area contributed by atoms with Gasteiger partial charge in [-0.3, -0.25) is 19.2 Å². The number of amides is 1. The van der Waals surface area contributed by atoms with Crippen molar-refractivity contribution >= 4 is 17.7 Å². The number of aliphatic carboxylic acids is 1. The number of hydrogen-bond acceptors (Lipinski definition) is 4. The predicted molar refractivity (Wildman–Crippen MR) is 91.9 cm³/mol. The third-order valence-corrected chi connectivity index (χ3v) is 4.58. The molecule has 0 saturated carbocycles. The zero-order chi connectivity index (χ0) is 19.0. The first-order chi connectivity index (χ1) is 11.4. The lowest BCUT2D eigenvalue weighted by molar-refractivity contribution is -0.147. The Labute approximate surface area is 145 Å². The van der Waals surface area contributed by atoms with Gasteiger partial charge in [-0.1, -0.05) is 13.8 Å². The highest BCUT2D eigenvalue weighted by atomic mass is 16.4. The molecule has 3 N–H and O–H groups in total. The maximum Gasteiger partial charge on any atom is 0.309 e. The molecule has 0 fully saturated rings. The van der Waals surface area contributed by atoms with Gasteiger partial charge in [0.05, 0.1) is 5.41 Å². The van der Waals surface area contributed by atoms with Crippen molar-refractivity contribution in [1.29, 1.82) is 0 Å². The second-order valence-corrected chi connectivity index (χ2v) is 8.04. The van der Waals surface area contributed by atoms with Crippen molar-refractivity contribution in [1.82, 2.24) is 10.3 Å². The van der Waals surface area contributed by atoms with Crippen LogP contribution in [0.15, 0.2) is 10.9 Å². The van der Waals surface area contributed by atoms with E-state index in [4.69, 9.17) is 5.11 Å². The number of pyridine rings is 1. The Balaban J connectivity index is 2.17. The summed E-state index contributed by atoms with van der Waals surface area (Å²) in [5, 5.41) is 11.6. The lowest BCUT2D eigenvalue weighted by Crippen LogP contribution is -2.36. The highest BCUT2D eigenvalue weighted by Crippen LogP contribution is 2.33. The van der Waals surface area contributed by atoms with Gasteiger partial charge in [-0.05, 0) is 38.2 Å². The first-order valence-electron chi connectivity index (χ1n) is 8.24. The third-order valence-electron chi connectivity index (χ3n) is 4.58. The molecule has 0 aliphatic heterocycles. The van der Waals surface area contributed by atoms with Crippen LogP contribution < -0.4 is 10.9 Å². The van der Waals surface area contributed by atoms with Crippen molar-refractivity contribution in [3.63, 3.8) is 0 Å². The molecule has 0 unspecified atom stereocenters. The molecule has 1 aromatic heterocycles. The second kappa shape index (κ2) is 6.46. The Bertz CT molecular complexity index is 789. The van der Waals surface area contributed by atoms with E-state index in [2.05, 4.69) is 10.3 Å². The number of carbonyl (C=O) groups is 3. The normalized spacial score (nSPS) is 16.2. The number of rotatable bonds is 5. The highest BCUT2D eigenvalue weighted by Gasteiger charge is 2.33. The molecule has 0 aromatic carbocycles. The minimum absolute atomic E-state index is 0.0939. The molecule has 7 nitrogen and oxygen atoms in total. The number of carboxylic acids is 1. The molecule has 1 aliphatic carbocycles. The van der Waals surface area contributed by atoms with E-state index in [0.717, 1.165) is 0 Å². The Morgan fingerprint density at radius 2 is 1.92 bits per heavy atom. The van der Waals surface area contributed by atoms with E-state index in [9.17, 15) is 19.2 Å². The fourth-order valence-corrected chi connectivity index (χ4v) is 2.89. The molecule has 1 aromatic rings. The van der Waals surface area contributed by atoms with Crippen LogP contribution in [-0.4, -0.2) is 34.3 Å². The van der Waals surface area contributed by atoms with Crippen LogP contribution in [0.3, 0.4) is 0 Å². The quantitative estimate of drug-likeness (QED) is 0.750. The molecule has 25 heavy (non-hydrogen) atoms. The van der Waals surface area contributed by atoms with Gasteiger partial charge < -0.3 is 15.4 Å². The van der Waals surface area contributed by atoms with E-state index < -0.39 is 22.9 Å². The summed E-state index contributed by atoms with van der Waals surface area (Å²) in [6.45, 7) is 7.16. The molecular weight excluding hydrogens is 324 g/mol. The number of ketones is 1. The number of aromatic amines is 1. The summed E-state index contributed by atoms with van der Waals surface area (Å²) in [6, 6.07) is 1.35. The van der Waals surface area contributed by atoms with Crippen molar-refractivity contribution in [3.8, 4) is 0 Å². The van der Waals surface area contributed by atoms with Crippen molar-refractivity contribution in [3.05, 3.63) is 33.2 Å². The summed E-state index contributed by atoms with van der Waals surface area (Å²) in [6.07, 6.45) is 1.15. The van der Waals surface area contributed by atoms with E-state index in [0.29, 0.717) is 24.1 Å². The molecule has 0 radical (unpaired) electrons. The average Bonchev–Trinajstić information content (AvgIpc) is 2.44. The van der Waals surface area contributed by atoms with Crippen LogP contribution in [0.4, 0.5) is 0 Å². The molecule has 1 aliphatic rings. The fraction of sp³-hybridized carbons (Fsp3) is 0.556. The number of Topliss-reactive ketones (excluding diaryl/α,β-unsaturated/α-hetero) is 1. The van der Waals surface area contributed by atoms with E-state index in [1.165, 1.54) is 6.07 Å². The van der Waals surface area contributed by atoms with E-state index in [1.54, 1.807) is 13.8 Å². The maximum absolute atomic E-state index is 12.3. The number of H-pyrrole nitrogens is 1. The Kier molecular flexibility index (Phi) is 4.88. The van der Waals surface area contributed by atoms with Crippen molar-refractivity contribution in [2.45, 2.75) is 47.0 Å². The highest BCUT2D eigenvalue weighted by molar-refractivity contribution is 6.02. The molecular formula is C18H24N2O5. The number of nitrogens with one attached hydrogen (secondary N) is 2. The predicted octanol–water partition coefficient (Wildman–Crippen LogP) is 1.76.